The van der Waals surface area contributed by atoms with E-state index in [0.717, 1.165) is 12.2 Å². The van der Waals surface area contributed by atoms with Crippen molar-refractivity contribution in [1.29, 1.82) is 0 Å². The van der Waals surface area contributed by atoms with Gasteiger partial charge in [0, 0.05) is 0 Å². The normalized spacial score (nSPS) is 25.2. The van der Waals surface area contributed by atoms with Gasteiger partial charge in [-0.25, -0.2) is 0 Å². The summed E-state index contributed by atoms with van der Waals surface area (Å²) in [5.41, 5.74) is 2.63. The molecule has 0 amide bonds. The predicted octanol–water partition coefficient (Wildman–Crippen LogP) is 3.28. The Morgan fingerprint density at radius 2 is 2.12 bits per heavy atom. The highest BCUT2D eigenvalue weighted by molar-refractivity contribution is 5.42. The average molecular weight is 220 g/mol. The summed E-state index contributed by atoms with van der Waals surface area (Å²) in [4.78, 5) is 0. The highest BCUT2D eigenvalue weighted by Crippen LogP contribution is 2.37. The maximum Gasteiger partial charge on any atom is 0.122 e. The fourth-order valence-corrected chi connectivity index (χ4v) is 2.41. The Morgan fingerprint density at radius 3 is 2.69 bits per heavy atom. The predicted molar refractivity (Wildman–Crippen MR) is 65.1 cm³/mol. The number of hydrogen-bond donors (Lipinski definition) is 0. The van der Waals surface area contributed by atoms with Crippen molar-refractivity contribution in [1.82, 2.24) is 0 Å². The molecule has 1 heterocycles. The van der Waals surface area contributed by atoms with Crippen molar-refractivity contribution in [3.63, 3.8) is 0 Å². The van der Waals surface area contributed by atoms with Crippen LogP contribution in [-0.4, -0.2) is 19.3 Å². The van der Waals surface area contributed by atoms with Gasteiger partial charge in [-0.15, -0.1) is 0 Å². The van der Waals surface area contributed by atoms with E-state index in [-0.39, 0.29) is 0 Å². The van der Waals surface area contributed by atoms with Gasteiger partial charge >= 0.3 is 0 Å². The molecule has 1 aromatic carbocycles. The third-order valence-corrected chi connectivity index (χ3v) is 3.42. The number of aryl methyl sites for hydroxylation is 1. The van der Waals surface area contributed by atoms with Crippen LogP contribution < -0.4 is 4.74 Å². The first kappa shape index (κ1) is 11.5. The molecule has 1 saturated heterocycles. The maximum absolute atomic E-state index is 5.48. The van der Waals surface area contributed by atoms with Crippen molar-refractivity contribution in [2.45, 2.75) is 45.3 Å². The molecule has 0 saturated carbocycles. The van der Waals surface area contributed by atoms with Crippen molar-refractivity contribution >= 4 is 0 Å². The lowest BCUT2D eigenvalue weighted by atomic mass is 9.91. The van der Waals surface area contributed by atoms with Crippen molar-refractivity contribution in [3.8, 4) is 5.75 Å². The molecule has 88 valence electrons. The van der Waals surface area contributed by atoms with E-state index in [2.05, 4.69) is 26.8 Å². The summed E-state index contributed by atoms with van der Waals surface area (Å²) in [5, 5.41) is 0. The summed E-state index contributed by atoms with van der Waals surface area (Å²) in [7, 11) is 1.74. The average Bonchev–Trinajstić information content (AvgIpc) is 2.93. The molecule has 16 heavy (non-hydrogen) atoms. The molecule has 1 aromatic rings. The van der Waals surface area contributed by atoms with Crippen LogP contribution in [0.4, 0.5) is 0 Å². The Balaban J connectivity index is 2.17. The number of ether oxygens (including phenoxy) is 2. The highest BCUT2D eigenvalue weighted by atomic mass is 16.6. The van der Waals surface area contributed by atoms with E-state index in [0.29, 0.717) is 18.1 Å². The van der Waals surface area contributed by atoms with E-state index in [1.165, 1.54) is 11.1 Å². The lowest BCUT2D eigenvalue weighted by Gasteiger charge is -2.17. The van der Waals surface area contributed by atoms with Gasteiger partial charge in [-0.3, -0.25) is 0 Å². The monoisotopic (exact) mass is 220 g/mol. The summed E-state index contributed by atoms with van der Waals surface area (Å²) in [5.74, 6) is 1.49. The molecule has 0 spiro atoms. The van der Waals surface area contributed by atoms with Gasteiger partial charge in [-0.2, -0.15) is 0 Å². The lowest BCUT2D eigenvalue weighted by Crippen LogP contribution is -2.04. The Labute approximate surface area is 97.6 Å². The fourth-order valence-electron chi connectivity index (χ4n) is 2.41. The van der Waals surface area contributed by atoms with Gasteiger partial charge in [0.25, 0.3) is 0 Å². The summed E-state index contributed by atoms with van der Waals surface area (Å²) in [6.07, 6.45) is 1.97. The second kappa shape index (κ2) is 4.46. The van der Waals surface area contributed by atoms with E-state index < -0.39 is 0 Å². The minimum absolute atomic E-state index is 0.442. The molecule has 2 heteroatoms. The van der Waals surface area contributed by atoms with Crippen LogP contribution in [0.25, 0.3) is 0 Å². The smallest absolute Gasteiger partial charge is 0.122 e. The zero-order chi connectivity index (χ0) is 11.7. The Hall–Kier alpha value is -1.02. The van der Waals surface area contributed by atoms with E-state index in [9.17, 15) is 0 Å². The number of hydrogen-bond acceptors (Lipinski definition) is 2. The summed E-state index contributed by atoms with van der Waals surface area (Å²) < 4.78 is 10.9. The van der Waals surface area contributed by atoms with Crippen molar-refractivity contribution in [3.05, 3.63) is 29.3 Å². The first-order valence-electron chi connectivity index (χ1n) is 5.92. The lowest BCUT2D eigenvalue weighted by molar-refractivity contribution is 0.358. The van der Waals surface area contributed by atoms with E-state index in [1.807, 2.05) is 12.1 Å². The summed E-state index contributed by atoms with van der Waals surface area (Å²) in [6, 6.07) is 6.22. The first-order chi connectivity index (χ1) is 7.63. The Morgan fingerprint density at radius 1 is 1.44 bits per heavy atom. The molecule has 0 bridgehead atoms. The second-order valence-corrected chi connectivity index (χ2v) is 4.71. The fraction of sp³-hybridized carbons (Fsp3) is 0.571. The molecular formula is C14H20O2. The molecular weight excluding hydrogens is 200 g/mol. The molecule has 3 atom stereocenters. The van der Waals surface area contributed by atoms with Gasteiger partial charge in [0.15, 0.2) is 0 Å². The molecule has 0 aliphatic carbocycles. The van der Waals surface area contributed by atoms with Crippen LogP contribution >= 0.6 is 0 Å². The SMILES string of the molecule is COc1cccc(C)c1C(C)CC1OC1C. The Bertz CT molecular complexity index is 373. The third kappa shape index (κ3) is 2.22. The minimum atomic E-state index is 0.442. The van der Waals surface area contributed by atoms with E-state index >= 15 is 0 Å². The van der Waals surface area contributed by atoms with E-state index in [4.69, 9.17) is 9.47 Å². The zero-order valence-corrected chi connectivity index (χ0v) is 10.5. The van der Waals surface area contributed by atoms with Crippen LogP contribution in [0, 0.1) is 6.92 Å². The van der Waals surface area contributed by atoms with E-state index in [1.54, 1.807) is 7.11 Å². The molecule has 1 aliphatic heterocycles. The number of rotatable bonds is 4. The molecule has 0 aromatic heterocycles. The van der Waals surface area contributed by atoms with Crippen LogP contribution in [0.15, 0.2) is 18.2 Å². The first-order valence-corrected chi connectivity index (χ1v) is 5.92. The Kier molecular flexibility index (Phi) is 3.20. The molecule has 0 N–H and O–H groups in total. The van der Waals surface area contributed by atoms with Gasteiger partial charge in [-0.05, 0) is 43.4 Å². The van der Waals surface area contributed by atoms with Crippen LogP contribution in [0.5, 0.6) is 5.75 Å². The molecule has 0 radical (unpaired) electrons. The molecule has 1 fully saturated rings. The number of benzene rings is 1. The highest BCUT2D eigenvalue weighted by Gasteiger charge is 2.35. The standard InChI is InChI=1S/C14H20O2/c1-9-6-5-7-12(15-4)14(9)10(2)8-13-11(3)16-13/h5-7,10-11,13H,8H2,1-4H3. The van der Waals surface area contributed by atoms with Gasteiger partial charge < -0.3 is 9.47 Å². The van der Waals surface area contributed by atoms with Crippen LogP contribution in [0.1, 0.15) is 37.3 Å². The molecule has 3 unspecified atom stereocenters. The van der Waals surface area contributed by atoms with Gasteiger partial charge in [-0.1, -0.05) is 19.1 Å². The van der Waals surface area contributed by atoms with Crippen molar-refractivity contribution in [2.75, 3.05) is 7.11 Å². The third-order valence-electron chi connectivity index (χ3n) is 3.42. The number of methoxy groups -OCH3 is 1. The van der Waals surface area contributed by atoms with Crippen LogP contribution in [0.2, 0.25) is 0 Å². The molecule has 1 aliphatic rings. The van der Waals surface area contributed by atoms with Crippen molar-refractivity contribution < 1.29 is 9.47 Å². The van der Waals surface area contributed by atoms with Gasteiger partial charge in [0.2, 0.25) is 0 Å². The van der Waals surface area contributed by atoms with Crippen LogP contribution in [0.3, 0.4) is 0 Å². The molecule has 2 nitrogen and oxygen atoms in total. The zero-order valence-electron chi connectivity index (χ0n) is 10.5. The maximum atomic E-state index is 5.48. The minimum Gasteiger partial charge on any atom is -0.496 e. The van der Waals surface area contributed by atoms with Gasteiger partial charge in [0.1, 0.15) is 5.75 Å². The summed E-state index contributed by atoms with van der Waals surface area (Å²) in [6.45, 7) is 6.53. The summed E-state index contributed by atoms with van der Waals surface area (Å²) >= 11 is 0. The molecule has 2 rings (SSSR count). The van der Waals surface area contributed by atoms with Gasteiger partial charge in [0.05, 0.1) is 19.3 Å². The second-order valence-electron chi connectivity index (χ2n) is 4.71. The topological polar surface area (TPSA) is 21.8 Å². The number of epoxide rings is 1. The largest absolute Gasteiger partial charge is 0.496 e. The van der Waals surface area contributed by atoms with Crippen molar-refractivity contribution in [2.24, 2.45) is 0 Å². The van der Waals surface area contributed by atoms with Crippen LogP contribution in [-0.2, 0) is 4.74 Å². The quantitative estimate of drug-likeness (QED) is 0.726.